The summed E-state index contributed by atoms with van der Waals surface area (Å²) in [6, 6.07) is 0. The van der Waals surface area contributed by atoms with Crippen molar-refractivity contribution in [2.75, 3.05) is 13.1 Å². The van der Waals surface area contributed by atoms with Gasteiger partial charge in [0.05, 0.1) is 10.7 Å². The summed E-state index contributed by atoms with van der Waals surface area (Å²) >= 11 is 1.74. The Hall–Kier alpha value is -1.76. The molecule has 1 fully saturated rings. The van der Waals surface area contributed by atoms with Crippen LogP contribution in [-0.2, 0) is 11.8 Å². The van der Waals surface area contributed by atoms with Crippen LogP contribution in [0.2, 0.25) is 0 Å². The molecule has 1 amide bonds. The standard InChI is InChI=1S/C17H24N4O2S/c1-5-13-19-14(23-20-13)16(22)21-8-6-11(7-9-21)15-18-12(10-24-15)17(2,3)4/h10-11H,5-9H2,1-4H3. The Labute approximate surface area is 146 Å². The van der Waals surface area contributed by atoms with Gasteiger partial charge in [0, 0.05) is 36.2 Å². The van der Waals surface area contributed by atoms with Crippen molar-refractivity contribution in [3.8, 4) is 0 Å². The van der Waals surface area contributed by atoms with Crippen molar-refractivity contribution >= 4 is 17.2 Å². The van der Waals surface area contributed by atoms with Gasteiger partial charge in [-0.3, -0.25) is 4.79 Å². The fourth-order valence-electron chi connectivity index (χ4n) is 2.77. The van der Waals surface area contributed by atoms with Gasteiger partial charge in [-0.15, -0.1) is 11.3 Å². The first-order valence-corrected chi connectivity index (χ1v) is 9.34. The predicted molar refractivity (Wildman–Crippen MR) is 92.4 cm³/mol. The van der Waals surface area contributed by atoms with Crippen LogP contribution in [0.25, 0.3) is 0 Å². The molecule has 0 unspecified atom stereocenters. The van der Waals surface area contributed by atoms with Gasteiger partial charge in [0.25, 0.3) is 0 Å². The quantitative estimate of drug-likeness (QED) is 0.850. The number of amides is 1. The van der Waals surface area contributed by atoms with E-state index in [1.165, 1.54) is 5.01 Å². The summed E-state index contributed by atoms with van der Waals surface area (Å²) in [7, 11) is 0. The Morgan fingerprint density at radius 1 is 1.33 bits per heavy atom. The fourth-order valence-corrected chi connectivity index (χ4v) is 3.99. The molecule has 0 N–H and O–H groups in total. The lowest BCUT2D eigenvalue weighted by Gasteiger charge is -2.30. The fraction of sp³-hybridized carbons (Fsp3) is 0.647. The molecule has 7 heteroatoms. The van der Waals surface area contributed by atoms with E-state index < -0.39 is 0 Å². The summed E-state index contributed by atoms with van der Waals surface area (Å²) < 4.78 is 5.06. The van der Waals surface area contributed by atoms with Crippen molar-refractivity contribution in [2.45, 2.75) is 58.3 Å². The summed E-state index contributed by atoms with van der Waals surface area (Å²) in [5, 5.41) is 7.15. The molecular formula is C17H24N4O2S. The third-order valence-corrected chi connectivity index (χ3v) is 5.40. The molecule has 0 bridgehead atoms. The zero-order chi connectivity index (χ0) is 17.3. The average Bonchev–Trinajstić information content (AvgIpc) is 3.23. The van der Waals surface area contributed by atoms with Crippen molar-refractivity contribution in [1.82, 2.24) is 20.0 Å². The Morgan fingerprint density at radius 2 is 2.04 bits per heavy atom. The second kappa shape index (κ2) is 6.63. The molecule has 1 saturated heterocycles. The van der Waals surface area contributed by atoms with Crippen molar-refractivity contribution in [1.29, 1.82) is 0 Å². The highest BCUT2D eigenvalue weighted by molar-refractivity contribution is 7.09. The van der Waals surface area contributed by atoms with E-state index in [1.54, 1.807) is 11.3 Å². The number of hydrogen-bond donors (Lipinski definition) is 0. The molecule has 1 aliphatic rings. The van der Waals surface area contributed by atoms with Gasteiger partial charge in [0.1, 0.15) is 0 Å². The number of rotatable bonds is 3. The molecular weight excluding hydrogens is 324 g/mol. The second-order valence-electron chi connectivity index (χ2n) is 7.26. The summed E-state index contributed by atoms with van der Waals surface area (Å²) in [6.45, 7) is 9.90. The van der Waals surface area contributed by atoms with E-state index in [-0.39, 0.29) is 17.2 Å². The Balaban J connectivity index is 1.61. The minimum absolute atomic E-state index is 0.0837. The van der Waals surface area contributed by atoms with Crippen LogP contribution in [0.4, 0.5) is 0 Å². The Morgan fingerprint density at radius 3 is 2.58 bits per heavy atom. The van der Waals surface area contributed by atoms with E-state index in [2.05, 4.69) is 36.3 Å². The smallest absolute Gasteiger partial charge is 0.316 e. The lowest BCUT2D eigenvalue weighted by molar-refractivity contribution is 0.0662. The van der Waals surface area contributed by atoms with Gasteiger partial charge in [0.15, 0.2) is 5.82 Å². The number of aryl methyl sites for hydroxylation is 1. The molecule has 0 aliphatic carbocycles. The normalized spacial score (nSPS) is 16.6. The number of aromatic nitrogens is 3. The maximum absolute atomic E-state index is 12.4. The minimum atomic E-state index is -0.157. The molecule has 0 aromatic carbocycles. The third-order valence-electron chi connectivity index (χ3n) is 4.39. The van der Waals surface area contributed by atoms with E-state index >= 15 is 0 Å². The topological polar surface area (TPSA) is 72.1 Å². The second-order valence-corrected chi connectivity index (χ2v) is 8.15. The first-order valence-electron chi connectivity index (χ1n) is 8.46. The van der Waals surface area contributed by atoms with E-state index in [0.29, 0.717) is 31.3 Å². The maximum Gasteiger partial charge on any atom is 0.316 e. The molecule has 0 atom stereocenters. The van der Waals surface area contributed by atoms with Crippen molar-refractivity contribution in [3.05, 3.63) is 27.8 Å². The van der Waals surface area contributed by atoms with Gasteiger partial charge in [0.2, 0.25) is 0 Å². The monoisotopic (exact) mass is 348 g/mol. The number of thiazole rings is 1. The van der Waals surface area contributed by atoms with Crippen molar-refractivity contribution < 1.29 is 9.32 Å². The van der Waals surface area contributed by atoms with E-state index in [0.717, 1.165) is 18.5 Å². The highest BCUT2D eigenvalue weighted by atomic mass is 32.1. The maximum atomic E-state index is 12.4. The van der Waals surface area contributed by atoms with Gasteiger partial charge >= 0.3 is 11.8 Å². The van der Waals surface area contributed by atoms with Crippen LogP contribution in [0.1, 0.15) is 73.7 Å². The van der Waals surface area contributed by atoms with E-state index in [1.807, 2.05) is 11.8 Å². The summed E-state index contributed by atoms with van der Waals surface area (Å²) in [6.07, 6.45) is 2.52. The van der Waals surface area contributed by atoms with Gasteiger partial charge < -0.3 is 9.42 Å². The SMILES string of the molecule is CCc1noc(C(=O)N2CCC(c3nc(C(C)(C)C)cs3)CC2)n1. The van der Waals surface area contributed by atoms with Crippen LogP contribution in [-0.4, -0.2) is 39.0 Å². The average molecular weight is 348 g/mol. The van der Waals surface area contributed by atoms with Crippen LogP contribution in [0.3, 0.4) is 0 Å². The van der Waals surface area contributed by atoms with Gasteiger partial charge in [-0.1, -0.05) is 32.9 Å². The molecule has 0 spiro atoms. The molecule has 130 valence electrons. The van der Waals surface area contributed by atoms with Gasteiger partial charge in [-0.05, 0) is 12.8 Å². The molecule has 0 saturated carbocycles. The van der Waals surface area contributed by atoms with Crippen molar-refractivity contribution in [3.63, 3.8) is 0 Å². The van der Waals surface area contributed by atoms with Crippen LogP contribution >= 0.6 is 11.3 Å². The predicted octanol–water partition coefficient (Wildman–Crippen LogP) is 3.41. The lowest BCUT2D eigenvalue weighted by atomic mass is 9.93. The molecule has 3 heterocycles. The molecule has 3 rings (SSSR count). The Bertz CT molecular complexity index is 708. The van der Waals surface area contributed by atoms with Gasteiger partial charge in [-0.25, -0.2) is 4.98 Å². The number of piperidine rings is 1. The van der Waals surface area contributed by atoms with Crippen LogP contribution in [0, 0.1) is 0 Å². The number of likely N-dealkylation sites (tertiary alicyclic amines) is 1. The van der Waals surface area contributed by atoms with Gasteiger partial charge in [-0.2, -0.15) is 4.98 Å². The van der Waals surface area contributed by atoms with Crippen LogP contribution in [0.15, 0.2) is 9.90 Å². The molecule has 2 aromatic heterocycles. The molecule has 6 nitrogen and oxygen atoms in total. The summed E-state index contributed by atoms with van der Waals surface area (Å²) in [4.78, 5) is 23.2. The summed E-state index contributed by atoms with van der Waals surface area (Å²) in [5.74, 6) is 0.958. The van der Waals surface area contributed by atoms with Crippen molar-refractivity contribution in [2.24, 2.45) is 0 Å². The zero-order valence-corrected chi connectivity index (χ0v) is 15.5. The van der Waals surface area contributed by atoms with E-state index in [9.17, 15) is 4.79 Å². The number of carbonyl (C=O) groups excluding carboxylic acids is 1. The Kier molecular flexibility index (Phi) is 4.71. The first kappa shape index (κ1) is 17.1. The molecule has 24 heavy (non-hydrogen) atoms. The number of nitrogens with zero attached hydrogens (tertiary/aromatic N) is 4. The zero-order valence-electron chi connectivity index (χ0n) is 14.7. The molecule has 0 radical (unpaired) electrons. The number of carbonyl (C=O) groups is 1. The molecule has 1 aliphatic heterocycles. The van der Waals surface area contributed by atoms with Crippen LogP contribution < -0.4 is 0 Å². The van der Waals surface area contributed by atoms with E-state index in [4.69, 9.17) is 9.51 Å². The number of hydrogen-bond acceptors (Lipinski definition) is 6. The first-order chi connectivity index (χ1) is 11.4. The lowest BCUT2D eigenvalue weighted by Crippen LogP contribution is -2.38. The minimum Gasteiger partial charge on any atom is -0.334 e. The third kappa shape index (κ3) is 3.50. The largest absolute Gasteiger partial charge is 0.334 e. The summed E-state index contributed by atoms with van der Waals surface area (Å²) in [5.41, 5.74) is 1.24. The van der Waals surface area contributed by atoms with Crippen LogP contribution in [0.5, 0.6) is 0 Å². The highest BCUT2D eigenvalue weighted by Gasteiger charge is 2.29. The highest BCUT2D eigenvalue weighted by Crippen LogP contribution is 2.33. The molecule has 2 aromatic rings.